The number of benzene rings is 1. The minimum Gasteiger partial charge on any atom is -0.383 e. The van der Waals surface area contributed by atoms with Gasteiger partial charge in [0.05, 0.1) is 28.9 Å². The van der Waals surface area contributed by atoms with Crippen LogP contribution in [0.1, 0.15) is 12.5 Å². The van der Waals surface area contributed by atoms with Crippen molar-refractivity contribution in [2.75, 3.05) is 19.0 Å². The number of nitriles is 1. The fourth-order valence-corrected chi connectivity index (χ4v) is 1.84. The fraction of sp³-hybridized carbons (Fsp3) is 0.333. The lowest BCUT2D eigenvalue weighted by Crippen LogP contribution is -2.38. The van der Waals surface area contributed by atoms with Crippen LogP contribution in [-0.2, 0) is 4.74 Å². The molecular weight excluding hydrogens is 270 g/mol. The quantitative estimate of drug-likeness (QED) is 0.832. The molecule has 2 N–H and O–H groups in total. The molecule has 18 heavy (non-hydrogen) atoms. The standard InChI is InChI=1S/C12H14ClN3OS/c1-8(7-17-2)15-12(18)16-11-5-9(6-14)3-4-10(11)13/h3-5,8H,7H2,1-2H3,(H2,15,16,18). The molecule has 0 heterocycles. The van der Waals surface area contributed by atoms with E-state index in [-0.39, 0.29) is 6.04 Å². The summed E-state index contributed by atoms with van der Waals surface area (Å²) in [6.07, 6.45) is 0. The predicted octanol–water partition coefficient (Wildman–Crippen LogP) is 2.53. The van der Waals surface area contributed by atoms with E-state index < -0.39 is 0 Å². The molecule has 0 spiro atoms. The zero-order valence-corrected chi connectivity index (χ0v) is 11.7. The van der Waals surface area contributed by atoms with Gasteiger partial charge >= 0.3 is 0 Å². The van der Waals surface area contributed by atoms with Gasteiger partial charge in [-0.2, -0.15) is 5.26 Å². The van der Waals surface area contributed by atoms with Crippen molar-refractivity contribution < 1.29 is 4.74 Å². The van der Waals surface area contributed by atoms with Crippen molar-refractivity contribution in [1.29, 1.82) is 5.26 Å². The maximum Gasteiger partial charge on any atom is 0.171 e. The molecule has 0 aliphatic carbocycles. The van der Waals surface area contributed by atoms with Crippen molar-refractivity contribution in [1.82, 2.24) is 5.32 Å². The number of thiocarbonyl (C=S) groups is 1. The molecule has 0 aliphatic heterocycles. The number of nitrogens with one attached hydrogen (secondary N) is 2. The van der Waals surface area contributed by atoms with E-state index in [1.807, 2.05) is 13.0 Å². The lowest BCUT2D eigenvalue weighted by Gasteiger charge is -2.16. The summed E-state index contributed by atoms with van der Waals surface area (Å²) < 4.78 is 5.00. The highest BCUT2D eigenvalue weighted by atomic mass is 35.5. The molecule has 0 aliphatic rings. The van der Waals surface area contributed by atoms with E-state index >= 15 is 0 Å². The summed E-state index contributed by atoms with van der Waals surface area (Å²) in [7, 11) is 1.63. The molecule has 0 radical (unpaired) electrons. The van der Waals surface area contributed by atoms with Crippen LogP contribution in [0, 0.1) is 11.3 Å². The highest BCUT2D eigenvalue weighted by Gasteiger charge is 2.07. The molecule has 4 nitrogen and oxygen atoms in total. The van der Waals surface area contributed by atoms with Crippen molar-refractivity contribution >= 4 is 34.6 Å². The SMILES string of the molecule is COCC(C)NC(=S)Nc1cc(C#N)ccc1Cl. The Labute approximate surface area is 117 Å². The third kappa shape index (κ3) is 4.49. The molecule has 0 saturated heterocycles. The van der Waals surface area contributed by atoms with Crippen molar-refractivity contribution in [3.8, 4) is 6.07 Å². The molecule has 0 amide bonds. The maximum absolute atomic E-state index is 8.82. The third-order valence-electron chi connectivity index (χ3n) is 2.14. The van der Waals surface area contributed by atoms with Crippen LogP contribution in [0.25, 0.3) is 0 Å². The van der Waals surface area contributed by atoms with Crippen molar-refractivity contribution in [3.05, 3.63) is 28.8 Å². The summed E-state index contributed by atoms with van der Waals surface area (Å²) in [5.41, 5.74) is 1.13. The summed E-state index contributed by atoms with van der Waals surface area (Å²) in [5.74, 6) is 0. The molecular formula is C12H14ClN3OS. The first-order chi connectivity index (χ1) is 8.56. The minimum atomic E-state index is 0.0907. The number of ether oxygens (including phenoxy) is 1. The van der Waals surface area contributed by atoms with Crippen LogP contribution in [-0.4, -0.2) is 24.9 Å². The summed E-state index contributed by atoms with van der Waals surface area (Å²) in [4.78, 5) is 0. The van der Waals surface area contributed by atoms with Gasteiger partial charge in [-0.05, 0) is 37.3 Å². The number of rotatable bonds is 4. The van der Waals surface area contributed by atoms with Crippen molar-refractivity contribution in [2.45, 2.75) is 13.0 Å². The van der Waals surface area contributed by atoms with Gasteiger partial charge in [0.2, 0.25) is 0 Å². The summed E-state index contributed by atoms with van der Waals surface area (Å²) in [5, 5.41) is 15.8. The van der Waals surface area contributed by atoms with E-state index in [1.165, 1.54) is 0 Å². The van der Waals surface area contributed by atoms with E-state index in [9.17, 15) is 0 Å². The molecule has 6 heteroatoms. The highest BCUT2D eigenvalue weighted by molar-refractivity contribution is 7.80. The monoisotopic (exact) mass is 283 g/mol. The molecule has 1 aromatic rings. The van der Waals surface area contributed by atoms with Gasteiger partial charge in [0, 0.05) is 13.2 Å². The second kappa shape index (κ2) is 7.17. The molecule has 1 unspecified atom stereocenters. The van der Waals surface area contributed by atoms with E-state index in [1.54, 1.807) is 25.3 Å². The minimum absolute atomic E-state index is 0.0907. The molecule has 0 aromatic heterocycles. The number of hydrogen-bond donors (Lipinski definition) is 2. The largest absolute Gasteiger partial charge is 0.383 e. The van der Waals surface area contributed by atoms with Gasteiger partial charge in [-0.1, -0.05) is 11.6 Å². The number of anilines is 1. The second-order valence-corrected chi connectivity index (χ2v) is 4.58. The first kappa shape index (κ1) is 14.7. The van der Waals surface area contributed by atoms with Crippen LogP contribution in [0.5, 0.6) is 0 Å². The highest BCUT2D eigenvalue weighted by Crippen LogP contribution is 2.22. The summed E-state index contributed by atoms with van der Waals surface area (Å²) in [6, 6.07) is 7.09. The van der Waals surface area contributed by atoms with Crippen LogP contribution in [0.4, 0.5) is 5.69 Å². The molecule has 1 atom stereocenters. The maximum atomic E-state index is 8.82. The average Bonchev–Trinajstić information content (AvgIpc) is 2.32. The van der Waals surface area contributed by atoms with Gasteiger partial charge < -0.3 is 15.4 Å². The van der Waals surface area contributed by atoms with Crippen LogP contribution in [0.15, 0.2) is 18.2 Å². The van der Waals surface area contributed by atoms with Crippen molar-refractivity contribution in [3.63, 3.8) is 0 Å². The number of nitrogens with zero attached hydrogens (tertiary/aromatic N) is 1. The zero-order chi connectivity index (χ0) is 13.5. The van der Waals surface area contributed by atoms with E-state index in [4.69, 9.17) is 33.8 Å². The van der Waals surface area contributed by atoms with Gasteiger partial charge in [-0.3, -0.25) is 0 Å². The van der Waals surface area contributed by atoms with Crippen LogP contribution < -0.4 is 10.6 Å². The fourth-order valence-electron chi connectivity index (χ4n) is 1.36. The van der Waals surface area contributed by atoms with Gasteiger partial charge in [-0.15, -0.1) is 0 Å². The number of methoxy groups -OCH3 is 1. The number of hydrogen-bond acceptors (Lipinski definition) is 3. The molecule has 0 bridgehead atoms. The molecule has 96 valence electrons. The zero-order valence-electron chi connectivity index (χ0n) is 10.2. The smallest absolute Gasteiger partial charge is 0.171 e. The van der Waals surface area contributed by atoms with Crippen molar-refractivity contribution in [2.24, 2.45) is 0 Å². The third-order valence-corrected chi connectivity index (χ3v) is 2.69. The van der Waals surface area contributed by atoms with E-state index in [2.05, 4.69) is 10.6 Å². The molecule has 1 aromatic carbocycles. The Hall–Kier alpha value is -1.35. The lowest BCUT2D eigenvalue weighted by atomic mass is 10.2. The Morgan fingerprint density at radius 1 is 1.61 bits per heavy atom. The van der Waals surface area contributed by atoms with Gasteiger partial charge in [0.15, 0.2) is 5.11 Å². The van der Waals surface area contributed by atoms with Crippen LogP contribution in [0.3, 0.4) is 0 Å². The second-order valence-electron chi connectivity index (χ2n) is 3.76. The predicted molar refractivity (Wildman–Crippen MR) is 76.9 cm³/mol. The Morgan fingerprint density at radius 2 is 2.33 bits per heavy atom. The Kier molecular flexibility index (Phi) is 5.86. The molecule has 1 rings (SSSR count). The molecule has 0 fully saturated rings. The van der Waals surface area contributed by atoms with Gasteiger partial charge in [-0.25, -0.2) is 0 Å². The van der Waals surface area contributed by atoms with Gasteiger partial charge in [0.1, 0.15) is 0 Å². The Balaban J connectivity index is 2.67. The summed E-state index contributed by atoms with van der Waals surface area (Å²) in [6.45, 7) is 2.50. The number of halogens is 1. The first-order valence-electron chi connectivity index (χ1n) is 5.33. The topological polar surface area (TPSA) is 57.1 Å². The normalized spacial score (nSPS) is 11.4. The lowest BCUT2D eigenvalue weighted by molar-refractivity contribution is 0.179. The van der Waals surface area contributed by atoms with Crippen LogP contribution >= 0.6 is 23.8 Å². The van der Waals surface area contributed by atoms with Gasteiger partial charge in [0.25, 0.3) is 0 Å². The Bertz CT molecular complexity index is 473. The molecule has 0 saturated carbocycles. The van der Waals surface area contributed by atoms with E-state index in [0.717, 1.165) is 0 Å². The first-order valence-corrected chi connectivity index (χ1v) is 6.11. The van der Waals surface area contributed by atoms with Crippen LogP contribution in [0.2, 0.25) is 5.02 Å². The summed E-state index contributed by atoms with van der Waals surface area (Å²) >= 11 is 11.2. The average molecular weight is 284 g/mol. The Morgan fingerprint density at radius 3 is 2.94 bits per heavy atom. The van der Waals surface area contributed by atoms with E-state index in [0.29, 0.717) is 28.0 Å².